The van der Waals surface area contributed by atoms with Crippen molar-refractivity contribution in [3.05, 3.63) is 35.2 Å². The molecule has 0 radical (unpaired) electrons. The Hall–Kier alpha value is -1.64. The van der Waals surface area contributed by atoms with E-state index in [1.54, 1.807) is 17.6 Å². The van der Waals surface area contributed by atoms with Crippen LogP contribution in [0.2, 0.25) is 5.02 Å². The van der Waals surface area contributed by atoms with Gasteiger partial charge in [0.1, 0.15) is 5.52 Å². The van der Waals surface area contributed by atoms with Crippen molar-refractivity contribution in [3.63, 3.8) is 0 Å². The highest BCUT2D eigenvalue weighted by Crippen LogP contribution is 2.33. The molecule has 98 valence electrons. The van der Waals surface area contributed by atoms with Gasteiger partial charge in [-0.2, -0.15) is 8.42 Å². The number of anilines is 1. The van der Waals surface area contributed by atoms with E-state index in [1.807, 2.05) is 0 Å². The first-order chi connectivity index (χ1) is 9.08. The van der Waals surface area contributed by atoms with Crippen molar-refractivity contribution in [1.82, 2.24) is 15.0 Å². The van der Waals surface area contributed by atoms with Crippen molar-refractivity contribution in [2.24, 2.45) is 0 Å². The predicted molar refractivity (Wildman–Crippen MR) is 74.0 cm³/mol. The number of aromatic amines is 1. The molecule has 0 aliphatic rings. The van der Waals surface area contributed by atoms with Gasteiger partial charge in [-0.1, -0.05) is 11.6 Å². The summed E-state index contributed by atoms with van der Waals surface area (Å²) in [6.07, 6.45) is 2.51. The second-order valence-electron chi connectivity index (χ2n) is 3.64. The molecule has 9 heteroatoms. The van der Waals surface area contributed by atoms with Gasteiger partial charge in [0.05, 0.1) is 33.4 Å². The lowest BCUT2D eigenvalue weighted by molar-refractivity contribution is 0.598. The molecule has 2 N–H and O–H groups in total. The summed E-state index contributed by atoms with van der Waals surface area (Å²) in [5, 5.41) is 0.261. The average molecular weight is 315 g/mol. The summed E-state index contributed by atoms with van der Waals surface area (Å²) in [5.74, 6) is 0. The molecule has 0 aliphatic carbocycles. The molecule has 19 heavy (non-hydrogen) atoms. The van der Waals surface area contributed by atoms with Gasteiger partial charge in [0.2, 0.25) is 0 Å². The maximum absolute atomic E-state index is 12.1. The molecule has 0 saturated carbocycles. The number of hydrogen-bond donors (Lipinski definition) is 2. The fourth-order valence-electron chi connectivity index (χ4n) is 1.58. The number of thiazole rings is 1. The van der Waals surface area contributed by atoms with Crippen LogP contribution in [-0.2, 0) is 10.0 Å². The molecular weight excluding hydrogens is 308 g/mol. The van der Waals surface area contributed by atoms with Gasteiger partial charge >= 0.3 is 0 Å². The topological polar surface area (TPSA) is 87.7 Å². The number of nitrogens with one attached hydrogen (secondary N) is 2. The van der Waals surface area contributed by atoms with E-state index in [0.717, 1.165) is 4.70 Å². The van der Waals surface area contributed by atoms with Crippen molar-refractivity contribution in [2.45, 2.75) is 5.03 Å². The first-order valence-corrected chi connectivity index (χ1v) is 7.85. The zero-order valence-electron chi connectivity index (χ0n) is 9.29. The van der Waals surface area contributed by atoms with Crippen LogP contribution in [0.15, 0.2) is 35.2 Å². The first kappa shape index (κ1) is 12.4. The standard InChI is InChI=1S/C10H7ClN4O2S2/c11-6-1-2-7-10(14-5-18-7)9(6)15-19(16,17)8-3-12-4-13-8/h1-5,15H,(H,12,13). The predicted octanol–water partition coefficient (Wildman–Crippen LogP) is 2.47. The van der Waals surface area contributed by atoms with Gasteiger partial charge in [0, 0.05) is 0 Å². The largest absolute Gasteiger partial charge is 0.334 e. The Morgan fingerprint density at radius 3 is 2.95 bits per heavy atom. The Kier molecular flexibility index (Phi) is 2.92. The van der Waals surface area contributed by atoms with E-state index in [-0.39, 0.29) is 10.7 Å². The maximum atomic E-state index is 12.1. The van der Waals surface area contributed by atoms with Crippen LogP contribution in [0, 0.1) is 0 Å². The molecule has 0 spiro atoms. The third kappa shape index (κ3) is 2.18. The fraction of sp³-hybridized carbons (Fsp3) is 0. The highest BCUT2D eigenvalue weighted by Gasteiger charge is 2.19. The van der Waals surface area contributed by atoms with Crippen molar-refractivity contribution in [1.29, 1.82) is 0 Å². The summed E-state index contributed by atoms with van der Waals surface area (Å²) in [7, 11) is -3.75. The normalized spacial score (nSPS) is 11.8. The number of aromatic nitrogens is 3. The minimum atomic E-state index is -3.75. The van der Waals surface area contributed by atoms with Crippen LogP contribution in [0.1, 0.15) is 0 Å². The van der Waals surface area contributed by atoms with Crippen LogP contribution < -0.4 is 4.72 Å². The molecule has 2 heterocycles. The van der Waals surface area contributed by atoms with E-state index in [0.29, 0.717) is 10.5 Å². The lowest BCUT2D eigenvalue weighted by Crippen LogP contribution is -2.14. The minimum Gasteiger partial charge on any atom is -0.334 e. The smallest absolute Gasteiger partial charge is 0.279 e. The van der Waals surface area contributed by atoms with Crippen molar-refractivity contribution in [2.75, 3.05) is 4.72 Å². The molecule has 0 bridgehead atoms. The molecule has 0 aliphatic heterocycles. The SMILES string of the molecule is O=S(=O)(Nc1c(Cl)ccc2scnc12)c1cnc[nH]1. The zero-order chi connectivity index (χ0) is 13.5. The number of nitrogens with zero attached hydrogens (tertiary/aromatic N) is 2. The Labute approximate surface area is 117 Å². The molecule has 2 aromatic heterocycles. The third-order valence-corrected chi connectivity index (χ3v) is 4.83. The van der Waals surface area contributed by atoms with Crippen LogP contribution in [0.3, 0.4) is 0 Å². The van der Waals surface area contributed by atoms with Gasteiger partial charge in [-0.3, -0.25) is 4.72 Å². The molecule has 1 aromatic carbocycles. The summed E-state index contributed by atoms with van der Waals surface area (Å²) < 4.78 is 27.5. The second kappa shape index (κ2) is 4.48. The van der Waals surface area contributed by atoms with Crippen LogP contribution in [0.25, 0.3) is 10.2 Å². The molecule has 3 aromatic rings. The first-order valence-electron chi connectivity index (χ1n) is 5.11. The van der Waals surface area contributed by atoms with Gasteiger partial charge < -0.3 is 4.98 Å². The van der Waals surface area contributed by atoms with E-state index >= 15 is 0 Å². The summed E-state index contributed by atoms with van der Waals surface area (Å²) in [4.78, 5) is 10.3. The third-order valence-electron chi connectivity index (χ3n) is 2.45. The van der Waals surface area contributed by atoms with E-state index in [4.69, 9.17) is 11.6 Å². The summed E-state index contributed by atoms with van der Waals surface area (Å²) in [5.41, 5.74) is 2.44. The number of imidazole rings is 1. The number of benzene rings is 1. The Balaban J connectivity index is 2.11. The zero-order valence-corrected chi connectivity index (χ0v) is 11.7. The number of sulfonamides is 1. The van der Waals surface area contributed by atoms with Gasteiger partial charge in [0.25, 0.3) is 10.0 Å². The molecule has 0 unspecified atom stereocenters. The van der Waals surface area contributed by atoms with Crippen molar-refractivity contribution in [3.8, 4) is 0 Å². The number of halogens is 1. The monoisotopic (exact) mass is 314 g/mol. The highest BCUT2D eigenvalue weighted by atomic mass is 35.5. The van der Waals surface area contributed by atoms with Gasteiger partial charge in [0.15, 0.2) is 5.03 Å². The Morgan fingerprint density at radius 2 is 2.21 bits per heavy atom. The van der Waals surface area contributed by atoms with E-state index in [9.17, 15) is 8.42 Å². The quantitative estimate of drug-likeness (QED) is 0.777. The van der Waals surface area contributed by atoms with Crippen LogP contribution >= 0.6 is 22.9 Å². The maximum Gasteiger partial charge on any atom is 0.279 e. The van der Waals surface area contributed by atoms with Crippen molar-refractivity contribution < 1.29 is 8.42 Å². The summed E-state index contributed by atoms with van der Waals surface area (Å²) in [6.45, 7) is 0. The molecule has 0 amide bonds. The molecule has 0 atom stereocenters. The number of hydrogen-bond acceptors (Lipinski definition) is 5. The van der Waals surface area contributed by atoms with E-state index < -0.39 is 10.0 Å². The van der Waals surface area contributed by atoms with Crippen molar-refractivity contribution >= 4 is 48.9 Å². The molecule has 3 rings (SSSR count). The Morgan fingerprint density at radius 1 is 1.37 bits per heavy atom. The summed E-state index contributed by atoms with van der Waals surface area (Å²) in [6, 6.07) is 3.43. The van der Waals surface area contributed by atoms with Crippen LogP contribution in [0.5, 0.6) is 0 Å². The molecule has 6 nitrogen and oxygen atoms in total. The van der Waals surface area contributed by atoms with E-state index in [1.165, 1.54) is 23.9 Å². The number of fused-ring (bicyclic) bond motifs is 1. The van der Waals surface area contributed by atoms with Gasteiger partial charge in [-0.15, -0.1) is 11.3 Å². The van der Waals surface area contributed by atoms with Crippen LogP contribution in [-0.4, -0.2) is 23.4 Å². The second-order valence-corrected chi connectivity index (χ2v) is 6.59. The molecule has 0 saturated heterocycles. The van der Waals surface area contributed by atoms with E-state index in [2.05, 4.69) is 19.7 Å². The molecular formula is C10H7ClN4O2S2. The summed E-state index contributed by atoms with van der Waals surface area (Å²) >= 11 is 7.45. The average Bonchev–Trinajstić information content (AvgIpc) is 3.02. The fourth-order valence-corrected chi connectivity index (χ4v) is 3.52. The van der Waals surface area contributed by atoms with Crippen LogP contribution in [0.4, 0.5) is 5.69 Å². The number of H-pyrrole nitrogens is 1. The number of rotatable bonds is 3. The lowest BCUT2D eigenvalue weighted by Gasteiger charge is -2.08. The molecule has 0 fully saturated rings. The van der Waals surface area contributed by atoms with Gasteiger partial charge in [-0.25, -0.2) is 9.97 Å². The minimum absolute atomic E-state index is 0.0317. The highest BCUT2D eigenvalue weighted by molar-refractivity contribution is 7.92. The Bertz CT molecular complexity index is 826. The van der Waals surface area contributed by atoms with Gasteiger partial charge in [-0.05, 0) is 12.1 Å². The lowest BCUT2D eigenvalue weighted by atomic mass is 10.3.